The van der Waals surface area contributed by atoms with Crippen LogP contribution >= 0.6 is 0 Å². The number of hydrogen-bond donors (Lipinski definition) is 1. The number of carbonyl (C=O) groups excluding carboxylic acids is 1. The van der Waals surface area contributed by atoms with Gasteiger partial charge >= 0.3 is 0 Å². The second-order valence-electron chi connectivity index (χ2n) is 5.93. The van der Waals surface area contributed by atoms with Gasteiger partial charge in [-0.05, 0) is 61.9 Å². The second-order valence-corrected chi connectivity index (χ2v) is 5.93. The van der Waals surface area contributed by atoms with E-state index in [1.54, 1.807) is 30.5 Å². The zero-order chi connectivity index (χ0) is 17.5. The third-order valence-corrected chi connectivity index (χ3v) is 3.88. The minimum Gasteiger partial charge on any atom is -0.469 e. The zero-order valence-electron chi connectivity index (χ0n) is 14.1. The summed E-state index contributed by atoms with van der Waals surface area (Å²) in [4.78, 5) is 12.3. The van der Waals surface area contributed by atoms with Crippen LogP contribution in [0.25, 0.3) is 0 Å². The van der Waals surface area contributed by atoms with Crippen molar-refractivity contribution < 1.29 is 13.9 Å². The fraction of sp³-hybridized carbons (Fsp3) is 0.190. The molecule has 4 nitrogen and oxygen atoms in total. The van der Waals surface area contributed by atoms with Crippen molar-refractivity contribution in [3.63, 3.8) is 0 Å². The summed E-state index contributed by atoms with van der Waals surface area (Å²) in [5.74, 6) is 2.32. The average molecular weight is 335 g/mol. The van der Waals surface area contributed by atoms with Crippen molar-refractivity contribution in [1.29, 1.82) is 0 Å². The van der Waals surface area contributed by atoms with Gasteiger partial charge in [0.1, 0.15) is 17.3 Å². The Morgan fingerprint density at radius 1 is 1.00 bits per heavy atom. The summed E-state index contributed by atoms with van der Waals surface area (Å²) in [6, 6.07) is 20.6. The predicted octanol–water partition coefficient (Wildman–Crippen LogP) is 4.82. The maximum atomic E-state index is 12.3. The molecular weight excluding hydrogens is 314 g/mol. The highest BCUT2D eigenvalue weighted by molar-refractivity contribution is 5.94. The van der Waals surface area contributed by atoms with Gasteiger partial charge in [0.2, 0.25) is 0 Å². The molecular formula is C21H21NO3. The first-order valence-corrected chi connectivity index (χ1v) is 8.37. The SMILES string of the molecule is C[C@@H](CCc1ccco1)NC(=O)c1ccc(Oc2ccccc2)cc1. The predicted molar refractivity (Wildman–Crippen MR) is 96.9 cm³/mol. The number of ether oxygens (including phenoxy) is 1. The van der Waals surface area contributed by atoms with Gasteiger partial charge in [0.05, 0.1) is 6.26 Å². The molecule has 2 aromatic carbocycles. The Morgan fingerprint density at radius 3 is 2.40 bits per heavy atom. The first-order valence-electron chi connectivity index (χ1n) is 8.37. The van der Waals surface area contributed by atoms with Gasteiger partial charge in [0, 0.05) is 18.0 Å². The van der Waals surface area contributed by atoms with Gasteiger partial charge in [-0.1, -0.05) is 18.2 Å². The van der Waals surface area contributed by atoms with Crippen LogP contribution in [0.5, 0.6) is 11.5 Å². The molecule has 0 aliphatic rings. The molecule has 128 valence electrons. The number of amides is 1. The Kier molecular flexibility index (Phi) is 5.52. The van der Waals surface area contributed by atoms with E-state index < -0.39 is 0 Å². The molecule has 0 aliphatic heterocycles. The third-order valence-electron chi connectivity index (χ3n) is 3.88. The number of nitrogens with one attached hydrogen (secondary N) is 1. The number of carbonyl (C=O) groups is 1. The molecule has 3 rings (SSSR count). The summed E-state index contributed by atoms with van der Waals surface area (Å²) in [6.45, 7) is 1.99. The summed E-state index contributed by atoms with van der Waals surface area (Å²) in [6.07, 6.45) is 3.30. The number of para-hydroxylation sites is 1. The van der Waals surface area contributed by atoms with E-state index in [-0.39, 0.29) is 11.9 Å². The first-order chi connectivity index (χ1) is 12.2. The number of benzene rings is 2. The van der Waals surface area contributed by atoms with E-state index in [0.717, 1.165) is 24.4 Å². The van der Waals surface area contributed by atoms with E-state index in [0.29, 0.717) is 11.3 Å². The number of rotatable bonds is 7. The van der Waals surface area contributed by atoms with Crippen LogP contribution in [-0.2, 0) is 6.42 Å². The molecule has 1 atom stereocenters. The maximum Gasteiger partial charge on any atom is 0.251 e. The minimum absolute atomic E-state index is 0.0674. The normalized spacial score (nSPS) is 11.7. The summed E-state index contributed by atoms with van der Waals surface area (Å²) in [5, 5.41) is 3.01. The highest BCUT2D eigenvalue weighted by Crippen LogP contribution is 2.21. The van der Waals surface area contributed by atoms with Crippen LogP contribution in [-0.4, -0.2) is 11.9 Å². The Labute approximate surface area is 147 Å². The van der Waals surface area contributed by atoms with Crippen molar-refractivity contribution in [2.75, 3.05) is 0 Å². The summed E-state index contributed by atoms with van der Waals surface area (Å²) in [7, 11) is 0. The molecule has 1 aromatic heterocycles. The van der Waals surface area contributed by atoms with Crippen LogP contribution in [0, 0.1) is 0 Å². The molecule has 0 unspecified atom stereocenters. The van der Waals surface area contributed by atoms with E-state index >= 15 is 0 Å². The highest BCUT2D eigenvalue weighted by atomic mass is 16.5. The molecule has 4 heteroatoms. The molecule has 1 amide bonds. The largest absolute Gasteiger partial charge is 0.469 e. The third kappa shape index (κ3) is 4.98. The van der Waals surface area contributed by atoms with Crippen LogP contribution < -0.4 is 10.1 Å². The summed E-state index contributed by atoms with van der Waals surface area (Å²) in [5.41, 5.74) is 0.616. The van der Waals surface area contributed by atoms with Crippen LogP contribution in [0.1, 0.15) is 29.5 Å². The highest BCUT2D eigenvalue weighted by Gasteiger charge is 2.11. The maximum absolute atomic E-state index is 12.3. The molecule has 0 aliphatic carbocycles. The van der Waals surface area contributed by atoms with Crippen LogP contribution in [0.3, 0.4) is 0 Å². The number of furan rings is 1. The molecule has 25 heavy (non-hydrogen) atoms. The quantitative estimate of drug-likeness (QED) is 0.673. The molecule has 0 bridgehead atoms. The fourth-order valence-corrected chi connectivity index (χ4v) is 2.49. The lowest BCUT2D eigenvalue weighted by atomic mass is 10.1. The lowest BCUT2D eigenvalue weighted by molar-refractivity contribution is 0.0938. The van der Waals surface area contributed by atoms with Gasteiger partial charge in [-0.25, -0.2) is 0 Å². The number of hydrogen-bond acceptors (Lipinski definition) is 3. The van der Waals surface area contributed by atoms with Crippen molar-refractivity contribution in [2.24, 2.45) is 0 Å². The Hall–Kier alpha value is -3.01. The zero-order valence-corrected chi connectivity index (χ0v) is 14.1. The van der Waals surface area contributed by atoms with E-state index in [1.165, 1.54) is 0 Å². The summed E-state index contributed by atoms with van der Waals surface area (Å²) < 4.78 is 11.0. The van der Waals surface area contributed by atoms with E-state index in [9.17, 15) is 4.79 Å². The van der Waals surface area contributed by atoms with Crippen molar-refractivity contribution in [2.45, 2.75) is 25.8 Å². The van der Waals surface area contributed by atoms with Crippen LogP contribution in [0.15, 0.2) is 77.4 Å². The van der Waals surface area contributed by atoms with Crippen molar-refractivity contribution in [1.82, 2.24) is 5.32 Å². The van der Waals surface area contributed by atoms with Gasteiger partial charge in [-0.2, -0.15) is 0 Å². The van der Waals surface area contributed by atoms with Gasteiger partial charge in [-0.3, -0.25) is 4.79 Å². The first kappa shape index (κ1) is 16.8. The summed E-state index contributed by atoms with van der Waals surface area (Å²) >= 11 is 0. The number of aryl methyl sites for hydroxylation is 1. The van der Waals surface area contributed by atoms with Gasteiger partial charge in [-0.15, -0.1) is 0 Å². The van der Waals surface area contributed by atoms with Crippen LogP contribution in [0.4, 0.5) is 0 Å². The molecule has 1 N–H and O–H groups in total. The van der Waals surface area contributed by atoms with Gasteiger partial charge < -0.3 is 14.5 Å². The molecule has 3 aromatic rings. The van der Waals surface area contributed by atoms with E-state index in [2.05, 4.69) is 5.32 Å². The molecule has 0 fully saturated rings. The fourth-order valence-electron chi connectivity index (χ4n) is 2.49. The topological polar surface area (TPSA) is 51.5 Å². The standard InChI is InChI=1S/C21H21NO3/c1-16(9-12-18-8-5-15-24-18)22-21(23)17-10-13-20(14-11-17)25-19-6-3-2-4-7-19/h2-8,10-11,13-16H,9,12H2,1H3,(H,22,23)/t16-/m0/s1. The van der Waals surface area contributed by atoms with Crippen LogP contribution in [0.2, 0.25) is 0 Å². The smallest absolute Gasteiger partial charge is 0.251 e. The van der Waals surface area contributed by atoms with Crippen molar-refractivity contribution in [3.05, 3.63) is 84.3 Å². The lowest BCUT2D eigenvalue weighted by Gasteiger charge is -2.13. The molecule has 0 saturated heterocycles. The Morgan fingerprint density at radius 2 is 1.72 bits per heavy atom. The monoisotopic (exact) mass is 335 g/mol. The van der Waals surface area contributed by atoms with Gasteiger partial charge in [0.15, 0.2) is 0 Å². The van der Waals surface area contributed by atoms with Gasteiger partial charge in [0.25, 0.3) is 5.91 Å². The Bertz CT molecular complexity index is 780. The lowest BCUT2D eigenvalue weighted by Crippen LogP contribution is -2.32. The van der Waals surface area contributed by atoms with E-state index in [4.69, 9.17) is 9.15 Å². The second kappa shape index (κ2) is 8.20. The van der Waals surface area contributed by atoms with E-state index in [1.807, 2.05) is 49.4 Å². The molecule has 0 spiro atoms. The molecule has 0 saturated carbocycles. The van der Waals surface area contributed by atoms with Crippen molar-refractivity contribution >= 4 is 5.91 Å². The minimum atomic E-state index is -0.0850. The molecule has 0 radical (unpaired) electrons. The van der Waals surface area contributed by atoms with Crippen molar-refractivity contribution in [3.8, 4) is 11.5 Å². The Balaban J connectivity index is 1.51. The molecule has 1 heterocycles. The average Bonchev–Trinajstić information content (AvgIpc) is 3.15.